The molecule has 0 spiro atoms. The second-order valence-corrected chi connectivity index (χ2v) is 7.06. The number of nitrogens with one attached hydrogen (secondary N) is 1. The van der Waals surface area contributed by atoms with Crippen LogP contribution in [0, 0.1) is 5.41 Å². The van der Waals surface area contributed by atoms with Crippen molar-refractivity contribution in [1.82, 2.24) is 5.32 Å². The molecule has 0 radical (unpaired) electrons. The Bertz CT molecular complexity index is 642. The van der Waals surface area contributed by atoms with Gasteiger partial charge in [-0.25, -0.2) is 4.79 Å². The lowest BCUT2D eigenvalue weighted by molar-refractivity contribution is -0.194. The maximum atomic E-state index is 12.5. The summed E-state index contributed by atoms with van der Waals surface area (Å²) in [4.78, 5) is 24.4. The van der Waals surface area contributed by atoms with E-state index in [-0.39, 0.29) is 24.9 Å². The Labute approximate surface area is 148 Å². The lowest BCUT2D eigenvalue weighted by atomic mass is 9.54. The number of carbonyl (C=O) groups excluding carboxylic acids is 1. The Hall–Kier alpha value is -1.92. The zero-order valence-corrected chi connectivity index (χ0v) is 15.3. The number of methoxy groups -OCH3 is 1. The van der Waals surface area contributed by atoms with E-state index in [1.165, 1.54) is 0 Å². The fraction of sp³-hybridized carbons (Fsp3) is 0.579. The molecule has 25 heavy (non-hydrogen) atoms. The van der Waals surface area contributed by atoms with Crippen LogP contribution in [0.15, 0.2) is 24.3 Å². The van der Waals surface area contributed by atoms with Gasteiger partial charge in [-0.1, -0.05) is 38.1 Å². The van der Waals surface area contributed by atoms with E-state index in [1.54, 1.807) is 7.11 Å². The van der Waals surface area contributed by atoms with E-state index >= 15 is 0 Å². The highest BCUT2D eigenvalue weighted by molar-refractivity contribution is 5.90. The van der Waals surface area contributed by atoms with Gasteiger partial charge in [0.1, 0.15) is 5.54 Å². The minimum atomic E-state index is -1.30. The number of ether oxygens (including phenoxy) is 2. The van der Waals surface area contributed by atoms with Gasteiger partial charge in [0.25, 0.3) is 0 Å². The SMILES string of the molecule is CCOC1CC(NC(=O)Cc2cccc(COC)c2)(C(=O)O)C1(C)C. The summed E-state index contributed by atoms with van der Waals surface area (Å²) in [5.74, 6) is -1.32. The normalized spacial score (nSPS) is 24.4. The number of hydrogen-bond acceptors (Lipinski definition) is 4. The molecule has 1 saturated carbocycles. The first-order chi connectivity index (χ1) is 11.8. The summed E-state index contributed by atoms with van der Waals surface area (Å²) in [5.41, 5.74) is -0.177. The Balaban J connectivity index is 2.10. The largest absolute Gasteiger partial charge is 0.479 e. The predicted octanol–water partition coefficient (Wildman–Crippen LogP) is 2.15. The van der Waals surface area contributed by atoms with Crippen LogP contribution in [0.25, 0.3) is 0 Å². The first-order valence-electron chi connectivity index (χ1n) is 8.49. The molecule has 1 aromatic rings. The fourth-order valence-electron chi connectivity index (χ4n) is 3.50. The third-order valence-corrected chi connectivity index (χ3v) is 5.15. The molecule has 0 aliphatic heterocycles. The van der Waals surface area contributed by atoms with Gasteiger partial charge in [0.05, 0.1) is 19.1 Å². The van der Waals surface area contributed by atoms with E-state index in [1.807, 2.05) is 45.0 Å². The van der Waals surface area contributed by atoms with E-state index in [9.17, 15) is 14.7 Å². The van der Waals surface area contributed by atoms with Crippen molar-refractivity contribution in [3.63, 3.8) is 0 Å². The van der Waals surface area contributed by atoms with Crippen LogP contribution < -0.4 is 5.32 Å². The van der Waals surface area contributed by atoms with Crippen LogP contribution in [0.5, 0.6) is 0 Å². The number of aliphatic carboxylic acids is 1. The minimum Gasteiger partial charge on any atom is -0.479 e. The summed E-state index contributed by atoms with van der Waals surface area (Å²) in [6.45, 7) is 6.51. The molecule has 138 valence electrons. The average Bonchev–Trinajstić information content (AvgIpc) is 2.54. The standard InChI is InChI=1S/C19H27NO5/c1-5-25-15-11-19(17(22)23,18(15,2)3)20-16(21)10-13-7-6-8-14(9-13)12-24-4/h6-9,15H,5,10-12H2,1-4H3,(H,20,21)(H,22,23). The average molecular weight is 349 g/mol. The van der Waals surface area contributed by atoms with Crippen LogP contribution >= 0.6 is 0 Å². The van der Waals surface area contributed by atoms with Crippen molar-refractivity contribution >= 4 is 11.9 Å². The second-order valence-electron chi connectivity index (χ2n) is 7.06. The van der Waals surface area contributed by atoms with Gasteiger partial charge in [-0.3, -0.25) is 4.79 Å². The molecule has 0 aromatic heterocycles. The maximum absolute atomic E-state index is 12.5. The van der Waals surface area contributed by atoms with Crippen molar-refractivity contribution in [3.05, 3.63) is 35.4 Å². The van der Waals surface area contributed by atoms with Gasteiger partial charge in [0.2, 0.25) is 5.91 Å². The molecule has 0 bridgehead atoms. The number of carboxylic acid groups (broad SMARTS) is 1. The molecule has 1 amide bonds. The summed E-state index contributed by atoms with van der Waals surface area (Å²) in [7, 11) is 1.61. The molecular weight excluding hydrogens is 322 g/mol. The van der Waals surface area contributed by atoms with Crippen LogP contribution in [-0.2, 0) is 32.1 Å². The molecule has 2 N–H and O–H groups in total. The van der Waals surface area contributed by atoms with Gasteiger partial charge in [0, 0.05) is 25.6 Å². The number of amides is 1. The van der Waals surface area contributed by atoms with Crippen molar-refractivity contribution in [2.45, 2.75) is 51.9 Å². The monoisotopic (exact) mass is 349 g/mol. The Morgan fingerprint density at radius 2 is 2.00 bits per heavy atom. The number of benzene rings is 1. The van der Waals surface area contributed by atoms with E-state index in [4.69, 9.17) is 9.47 Å². The van der Waals surface area contributed by atoms with Crippen molar-refractivity contribution in [3.8, 4) is 0 Å². The van der Waals surface area contributed by atoms with E-state index in [0.29, 0.717) is 13.2 Å². The summed E-state index contributed by atoms with van der Waals surface area (Å²) >= 11 is 0. The number of rotatable bonds is 8. The molecule has 1 aliphatic carbocycles. The molecule has 6 heteroatoms. The predicted molar refractivity (Wildman–Crippen MR) is 93.2 cm³/mol. The maximum Gasteiger partial charge on any atom is 0.330 e. The van der Waals surface area contributed by atoms with Crippen LogP contribution in [0.1, 0.15) is 38.3 Å². The topological polar surface area (TPSA) is 84.9 Å². The molecule has 1 fully saturated rings. The van der Waals surface area contributed by atoms with Crippen molar-refractivity contribution < 1.29 is 24.2 Å². The lowest BCUT2D eigenvalue weighted by Crippen LogP contribution is -2.76. The summed E-state index contributed by atoms with van der Waals surface area (Å²) < 4.78 is 10.7. The molecule has 2 unspecified atom stereocenters. The zero-order valence-electron chi connectivity index (χ0n) is 15.3. The first kappa shape index (κ1) is 19.4. The van der Waals surface area contributed by atoms with Crippen LogP contribution in [0.4, 0.5) is 0 Å². The smallest absolute Gasteiger partial charge is 0.330 e. The Kier molecular flexibility index (Phi) is 5.85. The summed E-state index contributed by atoms with van der Waals surface area (Å²) in [6.07, 6.45) is 0.222. The number of carbonyl (C=O) groups is 2. The van der Waals surface area contributed by atoms with E-state index in [2.05, 4.69) is 5.32 Å². The Morgan fingerprint density at radius 3 is 2.56 bits per heavy atom. The van der Waals surface area contributed by atoms with Crippen LogP contribution in [0.2, 0.25) is 0 Å². The Morgan fingerprint density at radius 1 is 1.32 bits per heavy atom. The van der Waals surface area contributed by atoms with E-state index in [0.717, 1.165) is 11.1 Å². The lowest BCUT2D eigenvalue weighted by Gasteiger charge is -2.58. The molecule has 1 aromatic carbocycles. The van der Waals surface area contributed by atoms with Gasteiger partial charge < -0.3 is 19.9 Å². The van der Waals surface area contributed by atoms with Crippen molar-refractivity contribution in [2.24, 2.45) is 5.41 Å². The summed E-state index contributed by atoms with van der Waals surface area (Å²) in [6, 6.07) is 7.53. The van der Waals surface area contributed by atoms with E-state index < -0.39 is 16.9 Å². The van der Waals surface area contributed by atoms with Gasteiger partial charge in [-0.2, -0.15) is 0 Å². The minimum absolute atomic E-state index is 0.127. The van der Waals surface area contributed by atoms with Crippen LogP contribution in [-0.4, -0.2) is 42.3 Å². The molecule has 0 heterocycles. The van der Waals surface area contributed by atoms with Crippen molar-refractivity contribution in [2.75, 3.05) is 13.7 Å². The highest BCUT2D eigenvalue weighted by Gasteiger charge is 2.66. The van der Waals surface area contributed by atoms with Gasteiger partial charge in [-0.15, -0.1) is 0 Å². The molecular formula is C19H27NO5. The fourth-order valence-corrected chi connectivity index (χ4v) is 3.50. The molecule has 1 aliphatic rings. The molecule has 2 rings (SSSR count). The summed E-state index contributed by atoms with van der Waals surface area (Å²) in [5, 5.41) is 12.5. The zero-order chi connectivity index (χ0) is 18.7. The molecule has 2 atom stereocenters. The quantitative estimate of drug-likeness (QED) is 0.751. The van der Waals surface area contributed by atoms with Gasteiger partial charge in [-0.05, 0) is 18.1 Å². The van der Waals surface area contributed by atoms with Gasteiger partial charge >= 0.3 is 5.97 Å². The third-order valence-electron chi connectivity index (χ3n) is 5.15. The third kappa shape index (κ3) is 3.70. The first-order valence-corrected chi connectivity index (χ1v) is 8.49. The molecule has 6 nitrogen and oxygen atoms in total. The molecule has 0 saturated heterocycles. The van der Waals surface area contributed by atoms with Crippen molar-refractivity contribution in [1.29, 1.82) is 0 Å². The second kappa shape index (κ2) is 7.54. The number of carboxylic acids is 1. The highest BCUT2D eigenvalue weighted by atomic mass is 16.5. The number of hydrogen-bond donors (Lipinski definition) is 2. The van der Waals surface area contributed by atoms with Crippen LogP contribution in [0.3, 0.4) is 0 Å². The highest BCUT2D eigenvalue weighted by Crippen LogP contribution is 2.51. The van der Waals surface area contributed by atoms with Gasteiger partial charge in [0.15, 0.2) is 0 Å².